The number of nitrogen functional groups attached to an aromatic ring is 1. The first-order valence-corrected chi connectivity index (χ1v) is 7.75. The third-order valence-electron chi connectivity index (χ3n) is 3.74. The highest BCUT2D eigenvalue weighted by molar-refractivity contribution is 9.10. The largest absolute Gasteiger partial charge is 0.457 e. The van der Waals surface area contributed by atoms with Crippen molar-refractivity contribution >= 4 is 27.6 Å². The van der Waals surface area contributed by atoms with E-state index in [1.165, 1.54) is 17.5 Å². The molecular weight excluding hydrogens is 330 g/mol. The molecule has 3 rings (SSSR count). The van der Waals surface area contributed by atoms with Crippen LogP contribution < -0.4 is 5.73 Å². The molecule has 0 heterocycles. The summed E-state index contributed by atoms with van der Waals surface area (Å²) >= 11 is 3.34. The lowest BCUT2D eigenvalue weighted by atomic mass is 10.1. The van der Waals surface area contributed by atoms with Crippen molar-refractivity contribution in [1.29, 1.82) is 0 Å². The molecule has 21 heavy (non-hydrogen) atoms. The van der Waals surface area contributed by atoms with Crippen molar-refractivity contribution in [1.82, 2.24) is 0 Å². The molecule has 0 saturated heterocycles. The van der Waals surface area contributed by atoms with Crippen molar-refractivity contribution in [2.75, 3.05) is 5.73 Å². The fourth-order valence-electron chi connectivity index (χ4n) is 2.64. The highest BCUT2D eigenvalue weighted by Gasteiger charge is 2.14. The van der Waals surface area contributed by atoms with Gasteiger partial charge >= 0.3 is 5.97 Å². The fourth-order valence-corrected chi connectivity index (χ4v) is 3.05. The molecule has 4 heteroatoms. The molecule has 2 aromatic rings. The SMILES string of the molecule is Nc1ccc(Br)c(C(=O)OCc2ccc3c(c2)CCC3)c1. The Morgan fingerprint density at radius 3 is 2.81 bits per heavy atom. The zero-order chi connectivity index (χ0) is 14.8. The number of rotatable bonds is 3. The lowest BCUT2D eigenvalue weighted by Gasteiger charge is -2.08. The number of ether oxygens (including phenoxy) is 1. The number of hydrogen-bond acceptors (Lipinski definition) is 3. The number of carbonyl (C=O) groups excluding carboxylic acids is 1. The molecule has 0 saturated carbocycles. The van der Waals surface area contributed by atoms with E-state index in [0.29, 0.717) is 15.7 Å². The van der Waals surface area contributed by atoms with E-state index in [1.54, 1.807) is 18.2 Å². The summed E-state index contributed by atoms with van der Waals surface area (Å²) in [6.07, 6.45) is 3.50. The minimum absolute atomic E-state index is 0.285. The van der Waals surface area contributed by atoms with Crippen LogP contribution in [0.3, 0.4) is 0 Å². The summed E-state index contributed by atoms with van der Waals surface area (Å²) < 4.78 is 6.08. The molecule has 2 N–H and O–H groups in total. The van der Waals surface area contributed by atoms with Gasteiger partial charge < -0.3 is 10.5 Å². The van der Waals surface area contributed by atoms with E-state index in [9.17, 15) is 4.79 Å². The number of hydrogen-bond donors (Lipinski definition) is 1. The van der Waals surface area contributed by atoms with Gasteiger partial charge in [0.05, 0.1) is 5.56 Å². The van der Waals surface area contributed by atoms with Crippen LogP contribution in [-0.4, -0.2) is 5.97 Å². The molecule has 0 aliphatic heterocycles. The number of aryl methyl sites for hydroxylation is 2. The number of anilines is 1. The number of nitrogens with two attached hydrogens (primary N) is 1. The predicted molar refractivity (Wildman–Crippen MR) is 86.1 cm³/mol. The molecule has 0 radical (unpaired) electrons. The number of fused-ring (bicyclic) bond motifs is 1. The molecule has 108 valence electrons. The van der Waals surface area contributed by atoms with Crippen LogP contribution in [0.2, 0.25) is 0 Å². The highest BCUT2D eigenvalue weighted by atomic mass is 79.9. The second-order valence-electron chi connectivity index (χ2n) is 5.27. The predicted octanol–water partition coefficient (Wildman–Crippen LogP) is 3.88. The topological polar surface area (TPSA) is 52.3 Å². The van der Waals surface area contributed by atoms with Gasteiger partial charge in [-0.2, -0.15) is 0 Å². The van der Waals surface area contributed by atoms with E-state index in [4.69, 9.17) is 10.5 Å². The maximum Gasteiger partial charge on any atom is 0.339 e. The van der Waals surface area contributed by atoms with Crippen LogP contribution in [0, 0.1) is 0 Å². The van der Waals surface area contributed by atoms with Crippen molar-refractivity contribution < 1.29 is 9.53 Å². The Bertz CT molecular complexity index is 697. The first-order valence-electron chi connectivity index (χ1n) is 6.96. The van der Waals surface area contributed by atoms with Gasteiger partial charge in [0.25, 0.3) is 0 Å². The maximum absolute atomic E-state index is 12.1. The molecule has 0 amide bonds. The van der Waals surface area contributed by atoms with Gasteiger partial charge in [0, 0.05) is 10.2 Å². The summed E-state index contributed by atoms with van der Waals surface area (Å²) in [5.74, 6) is -0.366. The smallest absolute Gasteiger partial charge is 0.339 e. The van der Waals surface area contributed by atoms with Gasteiger partial charge in [-0.05, 0) is 70.1 Å². The maximum atomic E-state index is 12.1. The monoisotopic (exact) mass is 345 g/mol. The average Bonchev–Trinajstić information content (AvgIpc) is 2.94. The minimum atomic E-state index is -0.366. The lowest BCUT2D eigenvalue weighted by molar-refractivity contribution is 0.0471. The molecular formula is C17H16BrNO2. The number of benzene rings is 2. The van der Waals surface area contributed by atoms with Crippen LogP contribution in [0.15, 0.2) is 40.9 Å². The Labute approximate surface area is 132 Å². The van der Waals surface area contributed by atoms with Crippen molar-refractivity contribution in [2.45, 2.75) is 25.9 Å². The highest BCUT2D eigenvalue weighted by Crippen LogP contribution is 2.24. The normalized spacial score (nSPS) is 13.0. The molecule has 3 nitrogen and oxygen atoms in total. The standard InChI is InChI=1S/C17H16BrNO2/c18-16-7-6-14(19)9-15(16)17(20)21-10-11-4-5-12-2-1-3-13(12)8-11/h4-9H,1-3,10,19H2. The van der Waals surface area contributed by atoms with Crippen molar-refractivity contribution in [3.63, 3.8) is 0 Å². The summed E-state index contributed by atoms with van der Waals surface area (Å²) in [6.45, 7) is 0.285. The average molecular weight is 346 g/mol. The van der Waals surface area contributed by atoms with Gasteiger partial charge in [0.2, 0.25) is 0 Å². The van der Waals surface area contributed by atoms with E-state index in [1.807, 2.05) is 6.07 Å². The summed E-state index contributed by atoms with van der Waals surface area (Å²) in [7, 11) is 0. The van der Waals surface area contributed by atoms with E-state index >= 15 is 0 Å². The van der Waals surface area contributed by atoms with Crippen LogP contribution in [0.4, 0.5) is 5.69 Å². The molecule has 0 unspecified atom stereocenters. The van der Waals surface area contributed by atoms with E-state index < -0.39 is 0 Å². The summed E-state index contributed by atoms with van der Waals surface area (Å²) in [4.78, 5) is 12.1. The second kappa shape index (κ2) is 5.90. The van der Waals surface area contributed by atoms with Gasteiger partial charge in [0.1, 0.15) is 6.61 Å². The zero-order valence-electron chi connectivity index (χ0n) is 11.6. The van der Waals surface area contributed by atoms with E-state index in [0.717, 1.165) is 18.4 Å². The van der Waals surface area contributed by atoms with Crippen molar-refractivity contribution in [3.8, 4) is 0 Å². The molecule has 1 aliphatic rings. The molecule has 0 bridgehead atoms. The molecule has 0 spiro atoms. The number of carbonyl (C=O) groups is 1. The van der Waals surface area contributed by atoms with Crippen LogP contribution in [0.25, 0.3) is 0 Å². The Morgan fingerprint density at radius 2 is 1.95 bits per heavy atom. The summed E-state index contributed by atoms with van der Waals surface area (Å²) in [6, 6.07) is 11.4. The summed E-state index contributed by atoms with van der Waals surface area (Å²) in [5, 5.41) is 0. The molecule has 0 aromatic heterocycles. The Hall–Kier alpha value is -1.81. The number of esters is 1. The van der Waals surface area contributed by atoms with Gasteiger partial charge in [-0.1, -0.05) is 18.2 Å². The van der Waals surface area contributed by atoms with Crippen molar-refractivity contribution in [2.24, 2.45) is 0 Å². The van der Waals surface area contributed by atoms with Crippen LogP contribution in [0.5, 0.6) is 0 Å². The van der Waals surface area contributed by atoms with Crippen LogP contribution in [-0.2, 0) is 24.2 Å². The Morgan fingerprint density at radius 1 is 1.14 bits per heavy atom. The molecule has 2 aromatic carbocycles. The first-order chi connectivity index (χ1) is 10.1. The second-order valence-corrected chi connectivity index (χ2v) is 6.13. The van der Waals surface area contributed by atoms with Gasteiger partial charge in [-0.15, -0.1) is 0 Å². The van der Waals surface area contributed by atoms with Gasteiger partial charge in [-0.25, -0.2) is 4.79 Å². The zero-order valence-corrected chi connectivity index (χ0v) is 13.2. The molecule has 0 fully saturated rings. The molecule has 1 aliphatic carbocycles. The lowest BCUT2D eigenvalue weighted by Crippen LogP contribution is -2.07. The van der Waals surface area contributed by atoms with Crippen molar-refractivity contribution in [3.05, 3.63) is 63.1 Å². The number of halogens is 1. The van der Waals surface area contributed by atoms with E-state index in [-0.39, 0.29) is 12.6 Å². The molecule has 0 atom stereocenters. The fraction of sp³-hybridized carbons (Fsp3) is 0.235. The third kappa shape index (κ3) is 3.10. The van der Waals surface area contributed by atoms with Gasteiger partial charge in [0.15, 0.2) is 0 Å². The Balaban J connectivity index is 1.70. The Kier molecular flexibility index (Phi) is 3.97. The van der Waals surface area contributed by atoms with E-state index in [2.05, 4.69) is 28.1 Å². The van der Waals surface area contributed by atoms with Crippen LogP contribution >= 0.6 is 15.9 Å². The first kappa shape index (κ1) is 14.1. The summed E-state index contributed by atoms with van der Waals surface area (Å²) in [5.41, 5.74) is 10.5. The van der Waals surface area contributed by atoms with Gasteiger partial charge in [-0.3, -0.25) is 0 Å². The van der Waals surface area contributed by atoms with Crippen LogP contribution in [0.1, 0.15) is 33.5 Å². The quantitative estimate of drug-likeness (QED) is 0.678. The third-order valence-corrected chi connectivity index (χ3v) is 4.43. The minimum Gasteiger partial charge on any atom is -0.457 e.